The molecule has 13 N–H and O–H groups in total. The van der Waals surface area contributed by atoms with E-state index in [1.54, 1.807) is 30.3 Å². The maximum absolute atomic E-state index is 14.0. The molecule has 1 aromatic carbocycles. The Balaban J connectivity index is 1.80. The second kappa shape index (κ2) is 25.5. The van der Waals surface area contributed by atoms with Crippen molar-refractivity contribution in [2.24, 2.45) is 10.8 Å². The highest BCUT2D eigenvalue weighted by atomic mass is 16.5. The molecule has 0 radical (unpaired) electrons. The fraction of sp³-hybridized carbons (Fsp3) is 0.605. The smallest absolute Gasteiger partial charge is 0.305 e. The van der Waals surface area contributed by atoms with Crippen LogP contribution in [0.1, 0.15) is 69.8 Å². The number of aliphatic carboxylic acids is 1. The maximum Gasteiger partial charge on any atom is 0.305 e. The highest BCUT2D eigenvalue weighted by molar-refractivity contribution is 5.98. The predicted molar refractivity (Wildman–Crippen MR) is 215 cm³/mol. The molecule has 2 heterocycles. The number of ketones is 1. The number of nitrogens with zero attached hydrogens (tertiary/aromatic N) is 3. The summed E-state index contributed by atoms with van der Waals surface area (Å²) < 4.78 is 5.57. The number of aliphatic hydroxyl groups excluding tert-OH is 3. The summed E-state index contributed by atoms with van der Waals surface area (Å²) in [4.78, 5) is 107. The third kappa shape index (κ3) is 16.7. The minimum absolute atomic E-state index is 0.0329. The minimum Gasteiger partial charge on any atom is -0.481 e. The number of azide groups is 1. The Bertz CT molecular complexity index is 1810. The molecule has 2 aliphatic rings. The van der Waals surface area contributed by atoms with E-state index in [1.165, 1.54) is 0 Å². The Morgan fingerprint density at radius 2 is 1.42 bits per heavy atom. The summed E-state index contributed by atoms with van der Waals surface area (Å²) in [5.41, 5.74) is 14.5. The first-order valence-corrected chi connectivity index (χ1v) is 20.1. The number of nitrogens with one attached hydrogen (secondary N) is 7. The summed E-state index contributed by atoms with van der Waals surface area (Å²) in [5.74, 6) is -7.26. The summed E-state index contributed by atoms with van der Waals surface area (Å²) in [6.07, 6.45) is -8.31. The normalized spacial score (nSPS) is 26.1. The van der Waals surface area contributed by atoms with Gasteiger partial charge in [0, 0.05) is 30.7 Å². The van der Waals surface area contributed by atoms with Gasteiger partial charge in [0.1, 0.15) is 48.3 Å². The van der Waals surface area contributed by atoms with Crippen LogP contribution in [-0.4, -0.2) is 148 Å². The lowest BCUT2D eigenvalue weighted by Crippen LogP contribution is -2.61. The number of amides is 6. The number of hydrogen-bond acceptors (Lipinski definition) is 14. The van der Waals surface area contributed by atoms with E-state index >= 15 is 0 Å². The van der Waals surface area contributed by atoms with E-state index in [2.05, 4.69) is 41.9 Å². The van der Waals surface area contributed by atoms with Crippen LogP contribution >= 0.6 is 0 Å². The molecular weight excluding hydrogens is 818 g/mol. The van der Waals surface area contributed by atoms with E-state index in [4.69, 9.17) is 21.4 Å². The largest absolute Gasteiger partial charge is 0.481 e. The lowest BCUT2D eigenvalue weighted by Gasteiger charge is -2.40. The molecule has 3 rings (SSSR count). The first-order valence-electron chi connectivity index (χ1n) is 20.1. The Kier molecular flexibility index (Phi) is 20.7. The van der Waals surface area contributed by atoms with Gasteiger partial charge in [-0.15, -0.1) is 0 Å². The number of unbranched alkanes of at least 4 members (excludes halogenated alkanes) is 2. The van der Waals surface area contributed by atoms with Gasteiger partial charge in [0.25, 0.3) is 5.91 Å². The number of nitrogens with two attached hydrogens (primary N) is 1. The average molecular weight is 874 g/mol. The molecule has 2 saturated heterocycles. The summed E-state index contributed by atoms with van der Waals surface area (Å²) in [6, 6.07) is 2.82. The zero-order chi connectivity index (χ0) is 45.8. The number of carboxylic acid groups (broad SMARTS) is 1. The molecule has 0 saturated carbocycles. The first kappa shape index (κ1) is 50.2. The molecule has 0 spiro atoms. The van der Waals surface area contributed by atoms with Crippen molar-refractivity contribution >= 4 is 53.0 Å². The van der Waals surface area contributed by atoms with Gasteiger partial charge in [-0.05, 0) is 49.6 Å². The minimum atomic E-state index is -1.83. The van der Waals surface area contributed by atoms with Crippen LogP contribution in [0.5, 0.6) is 0 Å². The number of benzene rings is 1. The Morgan fingerprint density at radius 1 is 0.806 bits per heavy atom. The summed E-state index contributed by atoms with van der Waals surface area (Å²) in [7, 11) is 0. The molecule has 2 unspecified atom stereocenters. The van der Waals surface area contributed by atoms with Crippen LogP contribution in [0, 0.1) is 5.41 Å². The van der Waals surface area contributed by atoms with Gasteiger partial charge in [0.05, 0.1) is 31.4 Å². The quantitative estimate of drug-likeness (QED) is 0.0156. The lowest BCUT2D eigenvalue weighted by atomic mass is 9.91. The fourth-order valence-corrected chi connectivity index (χ4v) is 6.68. The number of ether oxygens (including phenoxy) is 1. The maximum atomic E-state index is 14.0. The number of rotatable bonds is 20. The van der Waals surface area contributed by atoms with Gasteiger partial charge in [-0.25, -0.2) is 0 Å². The van der Waals surface area contributed by atoms with Gasteiger partial charge < -0.3 is 62.8 Å². The van der Waals surface area contributed by atoms with Crippen LogP contribution in [-0.2, 0) is 49.5 Å². The van der Waals surface area contributed by atoms with Crippen molar-refractivity contribution in [1.29, 1.82) is 5.41 Å². The van der Waals surface area contributed by atoms with Crippen molar-refractivity contribution in [3.8, 4) is 0 Å². The predicted octanol–water partition coefficient (Wildman–Crippen LogP) is -2.93. The van der Waals surface area contributed by atoms with E-state index in [0.717, 1.165) is 0 Å². The van der Waals surface area contributed by atoms with Crippen molar-refractivity contribution in [2.75, 3.05) is 19.6 Å². The summed E-state index contributed by atoms with van der Waals surface area (Å²) in [6.45, 7) is -1.20. The van der Waals surface area contributed by atoms with Crippen molar-refractivity contribution < 1.29 is 63.5 Å². The standard InChI is InChI=1S/C38H55N11O13/c39-27(40)12-5-4-10-22-34(57)43-19-28(51)45-25(17-29(52)53)37(60)48-24(16-20-8-2-1-3-9-20)36(59)47-23(35(58)46-22)11-6-7-15-42-38(61)33-32(56)31(55)30(54)26(62-33)14-13-21(50)18-44-49-41/h1-3,8-9,22-26,30-33,54-56H,4-7,10-19H2,(H3,39,40)(H,42,61)(H,43,57)(H,45,51)(H,46,58)(H,47,59)(H,48,60)(H,52,53)/t22-,23-,24+,25-,26+,30-,31?,32-,33?/m0/s1. The van der Waals surface area contributed by atoms with Crippen LogP contribution in [0.4, 0.5) is 0 Å². The zero-order valence-corrected chi connectivity index (χ0v) is 33.9. The van der Waals surface area contributed by atoms with Crippen molar-refractivity contribution in [2.45, 2.75) is 125 Å². The number of carboxylic acids is 1. The van der Waals surface area contributed by atoms with Gasteiger partial charge in [-0.3, -0.25) is 43.8 Å². The number of amidine groups is 1. The van der Waals surface area contributed by atoms with E-state index in [1.807, 2.05) is 0 Å². The van der Waals surface area contributed by atoms with Gasteiger partial charge in [0.15, 0.2) is 6.10 Å². The van der Waals surface area contributed by atoms with E-state index in [0.29, 0.717) is 18.4 Å². The number of carbonyl (C=O) groups is 8. The Labute approximate surface area is 355 Å². The van der Waals surface area contributed by atoms with Gasteiger partial charge >= 0.3 is 5.97 Å². The van der Waals surface area contributed by atoms with E-state index in [-0.39, 0.29) is 63.7 Å². The molecule has 2 fully saturated rings. The van der Waals surface area contributed by atoms with Gasteiger partial charge in [-0.1, -0.05) is 41.9 Å². The van der Waals surface area contributed by atoms with Crippen molar-refractivity contribution in [3.63, 3.8) is 0 Å². The second-order valence-electron chi connectivity index (χ2n) is 14.9. The van der Waals surface area contributed by atoms with Crippen molar-refractivity contribution in [3.05, 3.63) is 46.3 Å². The molecule has 340 valence electrons. The van der Waals surface area contributed by atoms with Gasteiger partial charge in [0.2, 0.25) is 29.5 Å². The molecule has 62 heavy (non-hydrogen) atoms. The molecule has 24 nitrogen and oxygen atoms in total. The Morgan fingerprint density at radius 3 is 2.06 bits per heavy atom. The van der Waals surface area contributed by atoms with E-state index < -0.39 is 121 Å². The van der Waals surface area contributed by atoms with E-state index in [9.17, 15) is 58.8 Å². The van der Waals surface area contributed by atoms with Crippen LogP contribution in [0.15, 0.2) is 35.4 Å². The van der Waals surface area contributed by atoms with Crippen LogP contribution in [0.3, 0.4) is 0 Å². The second-order valence-corrected chi connectivity index (χ2v) is 14.9. The number of aliphatic hydroxyl groups is 3. The third-order valence-electron chi connectivity index (χ3n) is 10.0. The summed E-state index contributed by atoms with van der Waals surface area (Å²) >= 11 is 0. The molecular formula is C38H55N11O13. The highest BCUT2D eigenvalue weighted by Gasteiger charge is 2.46. The molecule has 6 amide bonds. The number of Topliss-reactive ketones (excluding diaryl/α,β-unsaturated/α-hetero) is 1. The molecule has 9 atom stereocenters. The monoisotopic (exact) mass is 873 g/mol. The van der Waals surface area contributed by atoms with Gasteiger partial charge in [-0.2, -0.15) is 0 Å². The Hall–Kier alpha value is -6.20. The molecule has 0 aliphatic carbocycles. The lowest BCUT2D eigenvalue weighted by molar-refractivity contribution is -0.221. The SMILES string of the molecule is [N-]=[N+]=NCC(=O)CC[C@H]1OC(C(=O)NCCCC[C@@H]2NC(=O)[C@@H](Cc3ccccc3)NC(=O)[C@H](CC(=O)O)NC(=O)CNC(=O)[C@H](CCCCC(=N)N)NC2=O)[C@@H](O)C(O)[C@H]1O. The molecule has 0 bridgehead atoms. The first-order chi connectivity index (χ1) is 29.5. The van der Waals surface area contributed by atoms with Crippen LogP contribution < -0.4 is 37.6 Å². The average Bonchev–Trinajstić information content (AvgIpc) is 3.23. The molecule has 24 heteroatoms. The molecule has 1 aromatic rings. The highest BCUT2D eigenvalue weighted by Crippen LogP contribution is 2.25. The van der Waals surface area contributed by atoms with Crippen molar-refractivity contribution in [1.82, 2.24) is 31.9 Å². The molecule has 2 aliphatic heterocycles. The summed E-state index contributed by atoms with van der Waals surface area (Å²) in [5, 5.41) is 66.4. The van der Waals surface area contributed by atoms with Crippen LogP contribution in [0.2, 0.25) is 0 Å². The fourth-order valence-electron chi connectivity index (χ4n) is 6.68. The topological polar surface area (TPSA) is 398 Å². The number of hydrogen-bond donors (Lipinski definition) is 12. The zero-order valence-electron chi connectivity index (χ0n) is 33.9. The third-order valence-corrected chi connectivity index (χ3v) is 10.0. The molecule has 0 aromatic heterocycles. The number of carbonyl (C=O) groups excluding carboxylic acids is 7. The van der Waals surface area contributed by atoms with Crippen LogP contribution in [0.25, 0.3) is 10.4 Å².